The Balaban J connectivity index is 1.71. The molecule has 5 heteroatoms. The molecule has 1 aromatic rings. The van der Waals surface area contributed by atoms with Gasteiger partial charge < -0.3 is 15.0 Å². The first-order valence-corrected chi connectivity index (χ1v) is 9.58. The first kappa shape index (κ1) is 19.7. The Hall–Kier alpha value is -1.62. The van der Waals surface area contributed by atoms with Gasteiger partial charge in [-0.1, -0.05) is 20.3 Å². The van der Waals surface area contributed by atoms with Gasteiger partial charge in [0.2, 0.25) is 0 Å². The molecule has 140 valence electrons. The molecule has 0 spiro atoms. The monoisotopic (exact) mass is 350 g/mol. The highest BCUT2D eigenvalue weighted by Crippen LogP contribution is 2.19. The first-order chi connectivity index (χ1) is 12.1. The predicted octanol–water partition coefficient (Wildman–Crippen LogP) is 3.75. The Morgan fingerprint density at radius 2 is 2.08 bits per heavy atom. The van der Waals surface area contributed by atoms with E-state index in [1.807, 2.05) is 6.92 Å². The van der Waals surface area contributed by atoms with Crippen molar-refractivity contribution < 1.29 is 13.9 Å². The molecule has 25 heavy (non-hydrogen) atoms. The van der Waals surface area contributed by atoms with E-state index < -0.39 is 6.10 Å². The molecule has 1 aromatic carbocycles. The van der Waals surface area contributed by atoms with Crippen molar-refractivity contribution in [2.45, 2.75) is 64.5 Å². The number of likely N-dealkylation sites (tertiary alicyclic amines) is 1. The standard InChI is InChI=1S/C20H31FN2O2/c1-3-17-8-5-6-14-23(17)15-7-13-22-20(24)19(4-2)25-18-11-9-16(21)10-12-18/h9-12,17,19H,3-8,13-15H2,1-2H3,(H,22,24)/t17-,19+/m0/s1. The molecule has 0 aromatic heterocycles. The molecule has 2 rings (SSSR count). The summed E-state index contributed by atoms with van der Waals surface area (Å²) < 4.78 is 18.6. The van der Waals surface area contributed by atoms with Gasteiger partial charge in [0.15, 0.2) is 6.10 Å². The highest BCUT2D eigenvalue weighted by atomic mass is 19.1. The van der Waals surface area contributed by atoms with Crippen molar-refractivity contribution in [2.24, 2.45) is 0 Å². The van der Waals surface area contributed by atoms with Gasteiger partial charge in [0.25, 0.3) is 5.91 Å². The number of amides is 1. The van der Waals surface area contributed by atoms with E-state index in [0.717, 1.165) is 13.0 Å². The van der Waals surface area contributed by atoms with Crippen LogP contribution < -0.4 is 10.1 Å². The molecule has 0 bridgehead atoms. The molecule has 1 aliphatic heterocycles. The Morgan fingerprint density at radius 1 is 1.32 bits per heavy atom. The first-order valence-electron chi connectivity index (χ1n) is 9.58. The summed E-state index contributed by atoms with van der Waals surface area (Å²) in [6, 6.07) is 6.47. The van der Waals surface area contributed by atoms with Gasteiger partial charge in [-0.15, -0.1) is 0 Å². The van der Waals surface area contributed by atoms with Gasteiger partial charge in [0.05, 0.1) is 0 Å². The number of hydrogen-bond acceptors (Lipinski definition) is 3. The second-order valence-electron chi connectivity index (χ2n) is 6.71. The minimum atomic E-state index is -0.538. The van der Waals surface area contributed by atoms with E-state index in [0.29, 0.717) is 24.8 Å². The lowest BCUT2D eigenvalue weighted by atomic mass is 10.00. The Morgan fingerprint density at radius 3 is 2.76 bits per heavy atom. The van der Waals surface area contributed by atoms with Crippen LogP contribution in [0.5, 0.6) is 5.75 Å². The van der Waals surface area contributed by atoms with Gasteiger partial charge in [0, 0.05) is 19.1 Å². The van der Waals surface area contributed by atoms with Gasteiger partial charge in [-0.25, -0.2) is 4.39 Å². The third-order valence-corrected chi connectivity index (χ3v) is 4.90. The van der Waals surface area contributed by atoms with Crippen LogP contribution in [0, 0.1) is 5.82 Å². The van der Waals surface area contributed by atoms with E-state index in [1.165, 1.54) is 44.4 Å². The van der Waals surface area contributed by atoms with Crippen LogP contribution in [0.4, 0.5) is 4.39 Å². The van der Waals surface area contributed by atoms with Gasteiger partial charge in [-0.05, 0) is 62.9 Å². The lowest BCUT2D eigenvalue weighted by Gasteiger charge is -2.35. The van der Waals surface area contributed by atoms with Crippen LogP contribution in [0.15, 0.2) is 24.3 Å². The lowest BCUT2D eigenvalue weighted by Crippen LogP contribution is -2.42. The predicted molar refractivity (Wildman–Crippen MR) is 98.2 cm³/mol. The van der Waals surface area contributed by atoms with E-state index in [2.05, 4.69) is 17.1 Å². The number of carbonyl (C=O) groups excluding carboxylic acids is 1. The van der Waals surface area contributed by atoms with E-state index in [9.17, 15) is 9.18 Å². The van der Waals surface area contributed by atoms with E-state index in [4.69, 9.17) is 4.74 Å². The number of nitrogens with one attached hydrogen (secondary N) is 1. The van der Waals surface area contributed by atoms with Gasteiger partial charge in [-0.3, -0.25) is 4.79 Å². The van der Waals surface area contributed by atoms with Gasteiger partial charge >= 0.3 is 0 Å². The van der Waals surface area contributed by atoms with Crippen LogP contribution in [0.3, 0.4) is 0 Å². The quantitative estimate of drug-likeness (QED) is 0.690. The van der Waals surface area contributed by atoms with Crippen LogP contribution >= 0.6 is 0 Å². The maximum Gasteiger partial charge on any atom is 0.261 e. The molecule has 0 unspecified atom stereocenters. The number of carbonyl (C=O) groups is 1. The summed E-state index contributed by atoms with van der Waals surface area (Å²) in [6.45, 7) is 7.04. The molecular formula is C20H31FN2O2. The number of rotatable bonds is 9. The second-order valence-corrected chi connectivity index (χ2v) is 6.71. The zero-order valence-electron chi connectivity index (χ0n) is 15.5. The van der Waals surface area contributed by atoms with Gasteiger partial charge in [-0.2, -0.15) is 0 Å². The van der Waals surface area contributed by atoms with Crippen LogP contribution in [0.2, 0.25) is 0 Å². The third-order valence-electron chi connectivity index (χ3n) is 4.90. The summed E-state index contributed by atoms with van der Waals surface area (Å²) in [5, 5.41) is 2.97. The fourth-order valence-electron chi connectivity index (χ4n) is 3.42. The molecule has 1 N–H and O–H groups in total. The maximum absolute atomic E-state index is 12.9. The third kappa shape index (κ3) is 6.31. The summed E-state index contributed by atoms with van der Waals surface area (Å²) in [4.78, 5) is 14.9. The number of benzene rings is 1. The fraction of sp³-hybridized carbons (Fsp3) is 0.650. The van der Waals surface area contributed by atoms with Crippen molar-refractivity contribution in [3.8, 4) is 5.75 Å². The van der Waals surface area contributed by atoms with Crippen molar-refractivity contribution in [2.75, 3.05) is 19.6 Å². The number of halogens is 1. The summed E-state index contributed by atoms with van der Waals surface area (Å²) in [5.74, 6) is 0.105. The maximum atomic E-state index is 12.9. The Bertz CT molecular complexity index is 521. The van der Waals surface area contributed by atoms with Crippen LogP contribution in [-0.4, -0.2) is 42.6 Å². The second kappa shape index (κ2) is 10.4. The van der Waals surface area contributed by atoms with Crippen molar-refractivity contribution in [3.05, 3.63) is 30.1 Å². The lowest BCUT2D eigenvalue weighted by molar-refractivity contribution is -0.128. The molecule has 0 aliphatic carbocycles. The number of nitrogens with zero attached hydrogens (tertiary/aromatic N) is 1. The van der Waals surface area contributed by atoms with E-state index in [1.54, 1.807) is 12.1 Å². The molecule has 0 saturated carbocycles. The van der Waals surface area contributed by atoms with Crippen molar-refractivity contribution in [1.82, 2.24) is 10.2 Å². The molecule has 1 saturated heterocycles. The molecule has 1 heterocycles. The normalized spacial score (nSPS) is 19.4. The highest BCUT2D eigenvalue weighted by Gasteiger charge is 2.21. The Kier molecular flexibility index (Phi) is 8.19. The van der Waals surface area contributed by atoms with Gasteiger partial charge in [0.1, 0.15) is 11.6 Å². The topological polar surface area (TPSA) is 41.6 Å². The summed E-state index contributed by atoms with van der Waals surface area (Å²) in [7, 11) is 0. The van der Waals surface area contributed by atoms with Crippen molar-refractivity contribution >= 4 is 5.91 Å². The Labute approximate surface area is 150 Å². The van der Waals surface area contributed by atoms with Crippen molar-refractivity contribution in [3.63, 3.8) is 0 Å². The SMILES string of the molecule is CC[C@H]1CCCCN1CCCNC(=O)[C@@H](CC)Oc1ccc(F)cc1. The minimum absolute atomic E-state index is 0.0995. The van der Waals surface area contributed by atoms with Crippen molar-refractivity contribution in [1.29, 1.82) is 0 Å². The fourth-order valence-corrected chi connectivity index (χ4v) is 3.42. The molecule has 1 aliphatic rings. The average Bonchev–Trinajstić information content (AvgIpc) is 2.64. The number of piperidine rings is 1. The molecule has 4 nitrogen and oxygen atoms in total. The zero-order valence-corrected chi connectivity index (χ0v) is 15.5. The molecular weight excluding hydrogens is 319 g/mol. The largest absolute Gasteiger partial charge is 0.481 e. The molecule has 2 atom stereocenters. The average molecular weight is 350 g/mol. The van der Waals surface area contributed by atoms with Crippen LogP contribution in [0.25, 0.3) is 0 Å². The molecule has 1 amide bonds. The summed E-state index contributed by atoms with van der Waals surface area (Å²) in [5.41, 5.74) is 0. The van der Waals surface area contributed by atoms with Crippen LogP contribution in [0.1, 0.15) is 52.4 Å². The number of hydrogen-bond donors (Lipinski definition) is 1. The highest BCUT2D eigenvalue weighted by molar-refractivity contribution is 5.81. The number of ether oxygens (including phenoxy) is 1. The van der Waals surface area contributed by atoms with E-state index in [-0.39, 0.29) is 11.7 Å². The molecule has 1 fully saturated rings. The summed E-state index contributed by atoms with van der Waals surface area (Å²) in [6.07, 6.45) is 6.12. The van der Waals surface area contributed by atoms with E-state index >= 15 is 0 Å². The molecule has 0 radical (unpaired) electrons. The van der Waals surface area contributed by atoms with Crippen LogP contribution in [-0.2, 0) is 4.79 Å². The minimum Gasteiger partial charge on any atom is -0.481 e. The smallest absolute Gasteiger partial charge is 0.261 e. The zero-order chi connectivity index (χ0) is 18.1. The summed E-state index contributed by atoms with van der Waals surface area (Å²) >= 11 is 0.